The highest BCUT2D eigenvalue weighted by Gasteiger charge is 2.27. The largest absolute Gasteiger partial charge is 0.356 e. The quantitative estimate of drug-likeness (QED) is 0.806. The van der Waals surface area contributed by atoms with Gasteiger partial charge in [-0.2, -0.15) is 0 Å². The van der Waals surface area contributed by atoms with Gasteiger partial charge in [0.2, 0.25) is 0 Å². The Bertz CT molecular complexity index is 692. The summed E-state index contributed by atoms with van der Waals surface area (Å²) in [6.45, 7) is 6.79. The van der Waals surface area contributed by atoms with Crippen molar-refractivity contribution in [3.8, 4) is 0 Å². The molecule has 0 N–H and O–H groups in total. The number of benzene rings is 1. The third-order valence-electron chi connectivity index (χ3n) is 5.70. The fourth-order valence-electron chi connectivity index (χ4n) is 4.42. The Kier molecular flexibility index (Phi) is 5.02. The van der Waals surface area contributed by atoms with Gasteiger partial charge in [0.25, 0.3) is 0 Å². The molecule has 3 heterocycles. The summed E-state index contributed by atoms with van der Waals surface area (Å²) in [6, 6.07) is 13.7. The van der Waals surface area contributed by atoms with Crippen LogP contribution in [0.15, 0.2) is 42.6 Å². The van der Waals surface area contributed by atoms with E-state index in [9.17, 15) is 0 Å². The fourth-order valence-corrected chi connectivity index (χ4v) is 4.42. The number of piperidine rings is 1. The van der Waals surface area contributed by atoms with Crippen LogP contribution in [0.5, 0.6) is 0 Å². The molecule has 2 aliphatic rings. The van der Waals surface area contributed by atoms with Crippen LogP contribution in [-0.2, 0) is 6.54 Å². The van der Waals surface area contributed by atoms with E-state index in [4.69, 9.17) is 4.98 Å². The van der Waals surface area contributed by atoms with Crippen molar-refractivity contribution in [2.45, 2.75) is 51.6 Å². The monoisotopic (exact) mass is 335 g/mol. The Morgan fingerprint density at radius 1 is 1.00 bits per heavy atom. The molecule has 0 aliphatic carbocycles. The second-order valence-corrected chi connectivity index (χ2v) is 7.57. The maximum atomic E-state index is 4.89. The predicted octanol–water partition coefficient (Wildman–Crippen LogP) is 4.72. The van der Waals surface area contributed by atoms with Crippen molar-refractivity contribution in [1.82, 2.24) is 9.88 Å². The number of hydrogen-bond donors (Lipinski definition) is 0. The van der Waals surface area contributed by atoms with Crippen LogP contribution in [0.2, 0.25) is 0 Å². The smallest absolute Gasteiger partial charge is 0.131 e. The summed E-state index contributed by atoms with van der Waals surface area (Å²) in [5.41, 5.74) is 4.14. The fraction of sp³-hybridized carbons (Fsp3) is 0.500. The van der Waals surface area contributed by atoms with Crippen LogP contribution in [0.25, 0.3) is 0 Å². The summed E-state index contributed by atoms with van der Waals surface area (Å²) < 4.78 is 0. The minimum absolute atomic E-state index is 0.516. The summed E-state index contributed by atoms with van der Waals surface area (Å²) in [4.78, 5) is 9.98. The molecule has 0 bridgehead atoms. The molecule has 3 nitrogen and oxygen atoms in total. The lowest BCUT2D eigenvalue weighted by molar-refractivity contribution is 0.248. The van der Waals surface area contributed by atoms with Gasteiger partial charge in [0.1, 0.15) is 5.82 Å². The second-order valence-electron chi connectivity index (χ2n) is 7.57. The van der Waals surface area contributed by atoms with Crippen molar-refractivity contribution in [3.63, 3.8) is 0 Å². The highest BCUT2D eigenvalue weighted by Crippen LogP contribution is 2.34. The van der Waals surface area contributed by atoms with E-state index < -0.39 is 0 Å². The van der Waals surface area contributed by atoms with Gasteiger partial charge in [0.05, 0.1) is 0 Å². The molecule has 132 valence electrons. The first kappa shape index (κ1) is 16.6. The molecule has 0 amide bonds. The number of aryl methyl sites for hydroxylation is 1. The van der Waals surface area contributed by atoms with Gasteiger partial charge >= 0.3 is 0 Å². The first-order valence-corrected chi connectivity index (χ1v) is 9.81. The van der Waals surface area contributed by atoms with E-state index in [1.54, 1.807) is 0 Å². The Hall–Kier alpha value is -1.87. The summed E-state index contributed by atoms with van der Waals surface area (Å²) in [6.07, 6.45) is 8.64. The summed E-state index contributed by atoms with van der Waals surface area (Å²) >= 11 is 0. The number of rotatable bonds is 4. The van der Waals surface area contributed by atoms with Gasteiger partial charge in [-0.1, -0.05) is 30.3 Å². The molecule has 1 aromatic heterocycles. The predicted molar refractivity (Wildman–Crippen MR) is 104 cm³/mol. The van der Waals surface area contributed by atoms with E-state index in [1.807, 2.05) is 0 Å². The Morgan fingerprint density at radius 3 is 2.56 bits per heavy atom. The van der Waals surface area contributed by atoms with E-state index in [0.29, 0.717) is 6.04 Å². The average Bonchev–Trinajstić information content (AvgIpc) is 3.11. The second kappa shape index (κ2) is 7.57. The molecule has 2 aliphatic heterocycles. The normalized spacial score (nSPS) is 21.6. The molecule has 0 spiro atoms. The molecular weight excluding hydrogens is 306 g/mol. The summed E-state index contributed by atoms with van der Waals surface area (Å²) in [5, 5.41) is 0. The third kappa shape index (κ3) is 3.72. The molecule has 2 saturated heterocycles. The van der Waals surface area contributed by atoms with Gasteiger partial charge in [0, 0.05) is 31.9 Å². The van der Waals surface area contributed by atoms with Crippen LogP contribution in [0, 0.1) is 6.92 Å². The molecule has 4 rings (SSSR count). The number of likely N-dealkylation sites (tertiary alicyclic amines) is 1. The number of hydrogen-bond acceptors (Lipinski definition) is 3. The molecule has 0 unspecified atom stereocenters. The van der Waals surface area contributed by atoms with Crippen LogP contribution >= 0.6 is 0 Å². The molecule has 2 aromatic rings. The van der Waals surface area contributed by atoms with Crippen molar-refractivity contribution >= 4 is 5.82 Å². The van der Waals surface area contributed by atoms with Crippen molar-refractivity contribution in [2.75, 3.05) is 24.5 Å². The molecular formula is C22H29N3. The highest BCUT2D eigenvalue weighted by molar-refractivity contribution is 5.48. The zero-order valence-electron chi connectivity index (χ0n) is 15.3. The summed E-state index contributed by atoms with van der Waals surface area (Å²) in [7, 11) is 0. The summed E-state index contributed by atoms with van der Waals surface area (Å²) in [5.74, 6) is 1.20. The van der Waals surface area contributed by atoms with Crippen molar-refractivity contribution in [3.05, 3.63) is 59.3 Å². The zero-order valence-corrected chi connectivity index (χ0v) is 15.3. The van der Waals surface area contributed by atoms with Gasteiger partial charge in [0.15, 0.2) is 0 Å². The van der Waals surface area contributed by atoms with Gasteiger partial charge in [-0.3, -0.25) is 4.90 Å². The standard InChI is InChI=1S/C22H29N3/c1-18-15-20(16-23-22(18)24-12-6-3-7-13-24)21-11-8-14-25(21)17-19-9-4-2-5-10-19/h2,4-5,9-10,15-16,21H,3,6-8,11-14,17H2,1H3/t21-/m1/s1. The van der Waals surface area contributed by atoms with Crippen LogP contribution in [0.4, 0.5) is 5.82 Å². The van der Waals surface area contributed by atoms with E-state index in [0.717, 1.165) is 19.6 Å². The number of anilines is 1. The maximum absolute atomic E-state index is 4.89. The minimum Gasteiger partial charge on any atom is -0.356 e. The lowest BCUT2D eigenvalue weighted by Crippen LogP contribution is -2.31. The van der Waals surface area contributed by atoms with E-state index in [-0.39, 0.29) is 0 Å². The highest BCUT2D eigenvalue weighted by atomic mass is 15.2. The molecule has 2 fully saturated rings. The van der Waals surface area contributed by atoms with Crippen LogP contribution < -0.4 is 4.90 Å². The number of aromatic nitrogens is 1. The molecule has 25 heavy (non-hydrogen) atoms. The SMILES string of the molecule is Cc1cc([C@H]2CCCN2Cc2ccccc2)cnc1N1CCCCC1. The maximum Gasteiger partial charge on any atom is 0.131 e. The topological polar surface area (TPSA) is 19.4 Å². The molecule has 0 saturated carbocycles. The van der Waals surface area contributed by atoms with E-state index >= 15 is 0 Å². The van der Waals surface area contributed by atoms with Gasteiger partial charge in [-0.25, -0.2) is 4.98 Å². The van der Waals surface area contributed by atoms with Crippen molar-refractivity contribution in [1.29, 1.82) is 0 Å². The Balaban J connectivity index is 1.51. The zero-order chi connectivity index (χ0) is 17.1. The van der Waals surface area contributed by atoms with Crippen molar-refractivity contribution in [2.24, 2.45) is 0 Å². The van der Waals surface area contributed by atoms with Gasteiger partial charge in [-0.15, -0.1) is 0 Å². The van der Waals surface area contributed by atoms with Crippen LogP contribution in [-0.4, -0.2) is 29.5 Å². The Morgan fingerprint density at radius 2 is 1.80 bits per heavy atom. The van der Waals surface area contributed by atoms with E-state index in [1.165, 1.54) is 61.2 Å². The van der Waals surface area contributed by atoms with E-state index in [2.05, 4.69) is 59.3 Å². The van der Waals surface area contributed by atoms with Crippen LogP contribution in [0.1, 0.15) is 54.8 Å². The molecule has 0 radical (unpaired) electrons. The first-order valence-electron chi connectivity index (χ1n) is 9.81. The van der Waals surface area contributed by atoms with Gasteiger partial charge < -0.3 is 4.90 Å². The Labute approximate surface area is 151 Å². The average molecular weight is 335 g/mol. The first-order chi connectivity index (χ1) is 12.3. The molecule has 1 aromatic carbocycles. The lowest BCUT2D eigenvalue weighted by atomic mass is 10.0. The lowest BCUT2D eigenvalue weighted by Gasteiger charge is -2.30. The molecule has 1 atom stereocenters. The number of pyridine rings is 1. The van der Waals surface area contributed by atoms with Gasteiger partial charge in [-0.05, 0) is 68.3 Å². The molecule has 3 heteroatoms. The third-order valence-corrected chi connectivity index (χ3v) is 5.70. The minimum atomic E-state index is 0.516. The number of nitrogens with zero attached hydrogens (tertiary/aromatic N) is 3. The van der Waals surface area contributed by atoms with Crippen molar-refractivity contribution < 1.29 is 0 Å². The van der Waals surface area contributed by atoms with Crippen LogP contribution in [0.3, 0.4) is 0 Å².